The van der Waals surface area contributed by atoms with Gasteiger partial charge in [-0.2, -0.15) is 0 Å². The van der Waals surface area contributed by atoms with Gasteiger partial charge in [0.25, 0.3) is 5.91 Å². The molecule has 0 saturated heterocycles. The van der Waals surface area contributed by atoms with Gasteiger partial charge in [-0.05, 0) is 44.5 Å². The molecule has 1 aromatic carbocycles. The maximum Gasteiger partial charge on any atom is 0.269 e. The molecule has 2 aromatic rings. The summed E-state index contributed by atoms with van der Waals surface area (Å²) in [7, 11) is 0. The molecule has 22 heavy (non-hydrogen) atoms. The number of benzene rings is 1. The Balaban J connectivity index is 2.17. The smallest absolute Gasteiger partial charge is 0.269 e. The van der Waals surface area contributed by atoms with Gasteiger partial charge in [0, 0.05) is 17.3 Å². The SMILES string of the molecule is Cc1cccnc1NC(=O)C(C)(C)Oc1cc(Cl)ccc1Cl. The van der Waals surface area contributed by atoms with E-state index >= 15 is 0 Å². The fourth-order valence-corrected chi connectivity index (χ4v) is 2.07. The van der Waals surface area contributed by atoms with Crippen LogP contribution >= 0.6 is 23.2 Å². The zero-order valence-corrected chi connectivity index (χ0v) is 14.0. The second-order valence-corrected chi connectivity index (χ2v) is 6.15. The number of carbonyl (C=O) groups is 1. The minimum absolute atomic E-state index is 0.328. The van der Waals surface area contributed by atoms with Crippen LogP contribution in [-0.2, 0) is 4.79 Å². The van der Waals surface area contributed by atoms with Gasteiger partial charge in [0.15, 0.2) is 5.60 Å². The third-order valence-electron chi connectivity index (χ3n) is 3.05. The van der Waals surface area contributed by atoms with Crippen molar-refractivity contribution in [1.29, 1.82) is 0 Å². The number of aromatic nitrogens is 1. The van der Waals surface area contributed by atoms with E-state index in [-0.39, 0.29) is 5.91 Å². The summed E-state index contributed by atoms with van der Waals surface area (Å²) in [5.74, 6) is 0.527. The summed E-state index contributed by atoms with van der Waals surface area (Å²) in [5, 5.41) is 3.62. The number of rotatable bonds is 4. The number of hydrogen-bond donors (Lipinski definition) is 1. The summed E-state index contributed by atoms with van der Waals surface area (Å²) in [6, 6.07) is 8.52. The van der Waals surface area contributed by atoms with Crippen LogP contribution in [0, 0.1) is 6.92 Å². The quantitative estimate of drug-likeness (QED) is 0.893. The number of anilines is 1. The summed E-state index contributed by atoms with van der Waals surface area (Å²) in [6.07, 6.45) is 1.62. The van der Waals surface area contributed by atoms with Gasteiger partial charge in [-0.1, -0.05) is 29.3 Å². The number of amides is 1. The van der Waals surface area contributed by atoms with Gasteiger partial charge < -0.3 is 10.1 Å². The highest BCUT2D eigenvalue weighted by molar-refractivity contribution is 6.34. The predicted molar refractivity (Wildman–Crippen MR) is 88.8 cm³/mol. The molecule has 0 unspecified atom stereocenters. The number of hydrogen-bond acceptors (Lipinski definition) is 3. The molecule has 2 rings (SSSR count). The number of nitrogens with one attached hydrogen (secondary N) is 1. The van der Waals surface area contributed by atoms with Crippen molar-refractivity contribution < 1.29 is 9.53 Å². The molecular weight excluding hydrogens is 323 g/mol. The van der Waals surface area contributed by atoms with Gasteiger partial charge in [0.2, 0.25) is 0 Å². The fraction of sp³-hybridized carbons (Fsp3) is 0.250. The number of halogens is 2. The first-order chi connectivity index (χ1) is 10.3. The normalized spacial score (nSPS) is 11.1. The van der Waals surface area contributed by atoms with Crippen molar-refractivity contribution in [1.82, 2.24) is 4.98 Å². The third-order valence-corrected chi connectivity index (χ3v) is 3.59. The van der Waals surface area contributed by atoms with Gasteiger partial charge in [0.05, 0.1) is 5.02 Å². The molecule has 1 N–H and O–H groups in total. The van der Waals surface area contributed by atoms with E-state index in [9.17, 15) is 4.79 Å². The number of carbonyl (C=O) groups excluding carboxylic acids is 1. The van der Waals surface area contributed by atoms with Crippen molar-refractivity contribution in [2.45, 2.75) is 26.4 Å². The Morgan fingerprint density at radius 2 is 2.00 bits per heavy atom. The minimum atomic E-state index is -1.14. The highest BCUT2D eigenvalue weighted by Gasteiger charge is 2.31. The average Bonchev–Trinajstić information content (AvgIpc) is 2.45. The van der Waals surface area contributed by atoms with Crippen LogP contribution in [0.2, 0.25) is 10.0 Å². The van der Waals surface area contributed by atoms with E-state index in [1.165, 1.54) is 0 Å². The van der Waals surface area contributed by atoms with E-state index < -0.39 is 5.60 Å². The minimum Gasteiger partial charge on any atom is -0.476 e. The van der Waals surface area contributed by atoms with Gasteiger partial charge in [-0.15, -0.1) is 0 Å². The van der Waals surface area contributed by atoms with Crippen LogP contribution in [-0.4, -0.2) is 16.5 Å². The monoisotopic (exact) mass is 338 g/mol. The molecule has 4 nitrogen and oxygen atoms in total. The topological polar surface area (TPSA) is 51.2 Å². The number of pyridine rings is 1. The lowest BCUT2D eigenvalue weighted by atomic mass is 10.1. The van der Waals surface area contributed by atoms with Crippen LogP contribution in [0.1, 0.15) is 19.4 Å². The number of nitrogens with zero attached hydrogens (tertiary/aromatic N) is 1. The molecule has 0 radical (unpaired) electrons. The lowest BCUT2D eigenvalue weighted by Gasteiger charge is -2.26. The van der Waals surface area contributed by atoms with Crippen molar-refractivity contribution in [3.63, 3.8) is 0 Å². The molecule has 0 aliphatic heterocycles. The third kappa shape index (κ3) is 3.90. The van der Waals surface area contributed by atoms with E-state index in [1.807, 2.05) is 13.0 Å². The van der Waals surface area contributed by atoms with Crippen LogP contribution in [0.25, 0.3) is 0 Å². The molecule has 0 atom stereocenters. The molecule has 0 saturated carbocycles. The first kappa shape index (κ1) is 16.6. The summed E-state index contributed by atoms with van der Waals surface area (Å²) >= 11 is 12.0. The zero-order valence-electron chi connectivity index (χ0n) is 12.5. The average molecular weight is 339 g/mol. The van der Waals surface area contributed by atoms with E-state index in [0.717, 1.165) is 5.56 Å². The molecule has 1 amide bonds. The molecule has 1 heterocycles. The van der Waals surface area contributed by atoms with E-state index in [2.05, 4.69) is 10.3 Å². The van der Waals surface area contributed by atoms with Crippen LogP contribution in [0.3, 0.4) is 0 Å². The molecule has 1 aromatic heterocycles. The van der Waals surface area contributed by atoms with Gasteiger partial charge >= 0.3 is 0 Å². The largest absolute Gasteiger partial charge is 0.476 e. The molecule has 6 heteroatoms. The van der Waals surface area contributed by atoms with Crippen LogP contribution in [0.5, 0.6) is 5.75 Å². The Kier molecular flexibility index (Phi) is 4.94. The van der Waals surface area contributed by atoms with Gasteiger partial charge in [0.1, 0.15) is 11.6 Å². The van der Waals surface area contributed by atoms with Gasteiger partial charge in [-0.25, -0.2) is 4.98 Å². The van der Waals surface area contributed by atoms with Gasteiger partial charge in [-0.3, -0.25) is 4.79 Å². The maximum atomic E-state index is 12.4. The summed E-state index contributed by atoms with van der Waals surface area (Å²) in [4.78, 5) is 16.6. The van der Waals surface area contributed by atoms with Crippen molar-refractivity contribution in [3.05, 3.63) is 52.1 Å². The van der Waals surface area contributed by atoms with Crippen LogP contribution < -0.4 is 10.1 Å². The Morgan fingerprint density at radius 1 is 1.27 bits per heavy atom. The molecule has 0 aliphatic carbocycles. The molecule has 0 bridgehead atoms. The highest BCUT2D eigenvalue weighted by Crippen LogP contribution is 2.31. The first-order valence-electron chi connectivity index (χ1n) is 6.67. The molecule has 116 valence electrons. The molecular formula is C16H16Cl2N2O2. The lowest BCUT2D eigenvalue weighted by Crippen LogP contribution is -2.42. The summed E-state index contributed by atoms with van der Waals surface area (Å²) in [6.45, 7) is 5.17. The Labute approximate surface area is 139 Å². The molecule has 0 aliphatic rings. The van der Waals surface area contributed by atoms with E-state index in [0.29, 0.717) is 21.6 Å². The maximum absolute atomic E-state index is 12.4. The predicted octanol–water partition coefficient (Wildman–Crippen LogP) is 4.49. The van der Waals surface area contributed by atoms with E-state index in [4.69, 9.17) is 27.9 Å². The zero-order chi connectivity index (χ0) is 16.3. The summed E-state index contributed by atoms with van der Waals surface area (Å²) in [5.41, 5.74) is -0.273. The Bertz CT molecular complexity index is 702. The Morgan fingerprint density at radius 3 is 2.68 bits per heavy atom. The highest BCUT2D eigenvalue weighted by atomic mass is 35.5. The van der Waals surface area contributed by atoms with Crippen molar-refractivity contribution >= 4 is 34.9 Å². The van der Waals surface area contributed by atoms with Crippen molar-refractivity contribution in [3.8, 4) is 5.75 Å². The Hall–Kier alpha value is -1.78. The summed E-state index contributed by atoms with van der Waals surface area (Å²) < 4.78 is 5.73. The van der Waals surface area contributed by atoms with Crippen LogP contribution in [0.4, 0.5) is 5.82 Å². The molecule has 0 fully saturated rings. The first-order valence-corrected chi connectivity index (χ1v) is 7.42. The number of ether oxygens (including phenoxy) is 1. The molecule has 0 spiro atoms. The van der Waals surface area contributed by atoms with Crippen molar-refractivity contribution in [2.75, 3.05) is 5.32 Å². The standard InChI is InChI=1S/C16H16Cl2N2O2/c1-10-5-4-8-19-14(10)20-15(21)16(2,3)22-13-9-11(17)6-7-12(13)18/h4-9H,1-3H3,(H,19,20,21). The lowest BCUT2D eigenvalue weighted by molar-refractivity contribution is -0.128. The van der Waals surface area contributed by atoms with E-state index in [1.54, 1.807) is 44.3 Å². The van der Waals surface area contributed by atoms with Crippen LogP contribution in [0.15, 0.2) is 36.5 Å². The second kappa shape index (κ2) is 6.55. The second-order valence-electron chi connectivity index (χ2n) is 5.31. The van der Waals surface area contributed by atoms with Crippen molar-refractivity contribution in [2.24, 2.45) is 0 Å². The fourth-order valence-electron chi connectivity index (χ4n) is 1.75. The number of aryl methyl sites for hydroxylation is 1.